The second-order valence-corrected chi connectivity index (χ2v) is 3.88. The number of hydrogen-bond donors (Lipinski definition) is 3. The molecule has 2 atom stereocenters. The van der Waals surface area contributed by atoms with Gasteiger partial charge in [-0.3, -0.25) is 4.79 Å². The highest BCUT2D eigenvalue weighted by atomic mass is 31.1. The first-order valence-corrected chi connectivity index (χ1v) is 4.85. The molecule has 0 aromatic carbocycles. The van der Waals surface area contributed by atoms with E-state index in [4.69, 9.17) is 15.7 Å². The van der Waals surface area contributed by atoms with E-state index in [1.54, 1.807) is 6.66 Å². The van der Waals surface area contributed by atoms with E-state index in [0.717, 1.165) is 0 Å². The Morgan fingerprint density at radius 2 is 2.30 bits per heavy atom. The van der Waals surface area contributed by atoms with Crippen LogP contribution in [0.2, 0.25) is 0 Å². The van der Waals surface area contributed by atoms with Crippen LogP contribution >= 0.6 is 8.15 Å². The lowest BCUT2D eigenvalue weighted by Crippen LogP contribution is -2.30. The molecule has 60 valence electrons. The molecule has 4 nitrogen and oxygen atoms in total. The summed E-state index contributed by atoms with van der Waals surface area (Å²) in [6.07, 6.45) is 0.858. The van der Waals surface area contributed by atoms with Gasteiger partial charge in [0.2, 0.25) is 0 Å². The van der Waals surface area contributed by atoms with Crippen molar-refractivity contribution in [2.24, 2.45) is 5.73 Å². The lowest BCUT2D eigenvalue weighted by molar-refractivity contribution is -0.138. The molecule has 0 rings (SSSR count). The van der Waals surface area contributed by atoms with Gasteiger partial charge in [0.15, 0.2) is 0 Å². The molecule has 5 heteroatoms. The molecule has 0 aliphatic carbocycles. The third-order valence-electron chi connectivity index (χ3n) is 1.08. The van der Waals surface area contributed by atoms with Crippen LogP contribution in [0.5, 0.6) is 0 Å². The molecule has 0 saturated heterocycles. The molecular formula is C5H12NO3P. The van der Waals surface area contributed by atoms with E-state index in [2.05, 4.69) is 0 Å². The average Bonchev–Trinajstić information content (AvgIpc) is 1.82. The second-order valence-electron chi connectivity index (χ2n) is 2.11. The Morgan fingerprint density at radius 3 is 2.60 bits per heavy atom. The SMILES string of the molecule is CP(O)CC[C@H](N)C(=O)O. The summed E-state index contributed by atoms with van der Waals surface area (Å²) in [5, 5.41) is 8.30. The monoisotopic (exact) mass is 165 g/mol. The van der Waals surface area contributed by atoms with Crippen molar-refractivity contribution in [1.29, 1.82) is 0 Å². The van der Waals surface area contributed by atoms with Crippen LogP contribution in [-0.2, 0) is 4.79 Å². The molecule has 0 aliphatic rings. The van der Waals surface area contributed by atoms with Gasteiger partial charge in [0, 0.05) is 8.15 Å². The summed E-state index contributed by atoms with van der Waals surface area (Å²) in [5.41, 5.74) is 5.16. The van der Waals surface area contributed by atoms with Crippen molar-refractivity contribution in [3.63, 3.8) is 0 Å². The summed E-state index contributed by atoms with van der Waals surface area (Å²) < 4.78 is 0. The predicted molar refractivity (Wildman–Crippen MR) is 40.2 cm³/mol. The molecule has 0 heterocycles. The molecular weight excluding hydrogens is 153 g/mol. The number of hydrogen-bond acceptors (Lipinski definition) is 3. The molecule has 0 fully saturated rings. The standard InChI is InChI=1S/C5H12NO3P/c1-10(9)3-2-4(6)5(7)8/h4,9H,2-3,6H2,1H3,(H,7,8)/t4-,10?/m0/s1. The van der Waals surface area contributed by atoms with Crippen LogP contribution in [0.4, 0.5) is 0 Å². The highest BCUT2D eigenvalue weighted by Crippen LogP contribution is 2.24. The van der Waals surface area contributed by atoms with E-state index < -0.39 is 20.2 Å². The van der Waals surface area contributed by atoms with E-state index in [0.29, 0.717) is 12.6 Å². The van der Waals surface area contributed by atoms with Crippen molar-refractivity contribution in [2.75, 3.05) is 12.8 Å². The summed E-state index contributed by atoms with van der Waals surface area (Å²) in [5.74, 6) is -1.00. The first kappa shape index (κ1) is 9.82. The summed E-state index contributed by atoms with van der Waals surface area (Å²) >= 11 is 0. The van der Waals surface area contributed by atoms with Gasteiger partial charge in [-0.25, -0.2) is 0 Å². The normalized spacial score (nSPS) is 16.3. The van der Waals surface area contributed by atoms with Crippen LogP contribution in [0.15, 0.2) is 0 Å². The number of nitrogens with two attached hydrogens (primary N) is 1. The number of carboxylic acid groups (broad SMARTS) is 1. The van der Waals surface area contributed by atoms with Crippen molar-refractivity contribution in [3.05, 3.63) is 0 Å². The van der Waals surface area contributed by atoms with Crippen LogP contribution < -0.4 is 5.73 Å². The smallest absolute Gasteiger partial charge is 0.320 e. The summed E-state index contributed by atoms with van der Waals surface area (Å²) in [6.45, 7) is 1.67. The van der Waals surface area contributed by atoms with Gasteiger partial charge in [-0.05, 0) is 19.2 Å². The Kier molecular flexibility index (Phi) is 4.52. The van der Waals surface area contributed by atoms with Gasteiger partial charge >= 0.3 is 5.97 Å². The maximum Gasteiger partial charge on any atom is 0.320 e. The van der Waals surface area contributed by atoms with Gasteiger partial charge in [0.25, 0.3) is 0 Å². The van der Waals surface area contributed by atoms with Crippen molar-refractivity contribution in [2.45, 2.75) is 12.5 Å². The number of carboxylic acids is 1. The third kappa shape index (κ3) is 4.68. The minimum absolute atomic E-state index is 0.355. The van der Waals surface area contributed by atoms with Crippen molar-refractivity contribution < 1.29 is 14.8 Å². The zero-order chi connectivity index (χ0) is 8.15. The Labute approximate surface area is 60.9 Å². The molecule has 0 aromatic rings. The molecule has 1 unspecified atom stereocenters. The van der Waals surface area contributed by atoms with Gasteiger partial charge in [-0.15, -0.1) is 0 Å². The highest BCUT2D eigenvalue weighted by Gasteiger charge is 2.11. The zero-order valence-corrected chi connectivity index (χ0v) is 6.71. The van der Waals surface area contributed by atoms with Gasteiger partial charge in [0.1, 0.15) is 6.04 Å². The summed E-state index contributed by atoms with van der Waals surface area (Å²) in [7, 11) is -1.00. The van der Waals surface area contributed by atoms with Crippen LogP contribution in [-0.4, -0.2) is 34.8 Å². The van der Waals surface area contributed by atoms with Crippen molar-refractivity contribution in [3.8, 4) is 0 Å². The van der Waals surface area contributed by atoms with Crippen LogP contribution in [0.25, 0.3) is 0 Å². The van der Waals surface area contributed by atoms with E-state index in [1.165, 1.54) is 0 Å². The maximum absolute atomic E-state index is 10.1. The minimum atomic E-state index is -1.00. The Hall–Kier alpha value is -0.180. The van der Waals surface area contributed by atoms with Gasteiger partial charge in [-0.1, -0.05) is 0 Å². The fourth-order valence-corrected chi connectivity index (χ4v) is 1.10. The van der Waals surface area contributed by atoms with Crippen LogP contribution in [0.3, 0.4) is 0 Å². The zero-order valence-electron chi connectivity index (χ0n) is 5.82. The largest absolute Gasteiger partial charge is 0.480 e. The molecule has 0 aromatic heterocycles. The number of rotatable bonds is 4. The predicted octanol–water partition coefficient (Wildman–Crippen LogP) is -0.193. The van der Waals surface area contributed by atoms with Gasteiger partial charge in [-0.2, -0.15) is 0 Å². The van der Waals surface area contributed by atoms with Crippen LogP contribution in [0, 0.1) is 0 Å². The topological polar surface area (TPSA) is 83.5 Å². The quantitative estimate of drug-likeness (QED) is 0.504. The molecule has 0 amide bonds. The maximum atomic E-state index is 10.1. The van der Waals surface area contributed by atoms with E-state index >= 15 is 0 Å². The van der Waals surface area contributed by atoms with Crippen molar-refractivity contribution in [1.82, 2.24) is 0 Å². The highest BCUT2D eigenvalue weighted by molar-refractivity contribution is 7.50. The van der Waals surface area contributed by atoms with Crippen LogP contribution in [0.1, 0.15) is 6.42 Å². The molecule has 0 spiro atoms. The molecule has 0 radical (unpaired) electrons. The lowest BCUT2D eigenvalue weighted by atomic mass is 10.2. The lowest BCUT2D eigenvalue weighted by Gasteiger charge is -2.06. The molecule has 0 bridgehead atoms. The Balaban J connectivity index is 3.40. The van der Waals surface area contributed by atoms with E-state index in [9.17, 15) is 4.79 Å². The second kappa shape index (κ2) is 4.61. The fraction of sp³-hybridized carbons (Fsp3) is 0.800. The summed E-state index contributed by atoms with van der Waals surface area (Å²) in [6, 6.07) is -0.822. The fourth-order valence-electron chi connectivity index (χ4n) is 0.449. The van der Waals surface area contributed by atoms with E-state index in [-0.39, 0.29) is 0 Å². The summed E-state index contributed by atoms with van der Waals surface area (Å²) in [4.78, 5) is 18.9. The Bertz CT molecular complexity index is 117. The number of carbonyl (C=O) groups is 1. The molecule has 0 saturated carbocycles. The molecule has 10 heavy (non-hydrogen) atoms. The first-order chi connectivity index (χ1) is 4.54. The third-order valence-corrected chi connectivity index (χ3v) is 1.99. The van der Waals surface area contributed by atoms with E-state index in [1.807, 2.05) is 0 Å². The molecule has 0 aliphatic heterocycles. The first-order valence-electron chi connectivity index (χ1n) is 2.92. The number of aliphatic carboxylic acids is 1. The average molecular weight is 165 g/mol. The van der Waals surface area contributed by atoms with Gasteiger partial charge in [0.05, 0.1) is 0 Å². The van der Waals surface area contributed by atoms with Gasteiger partial charge < -0.3 is 15.7 Å². The molecule has 4 N–H and O–H groups in total. The minimum Gasteiger partial charge on any atom is -0.480 e. The Morgan fingerprint density at radius 1 is 1.80 bits per heavy atom. The van der Waals surface area contributed by atoms with Crippen molar-refractivity contribution >= 4 is 14.1 Å².